The summed E-state index contributed by atoms with van der Waals surface area (Å²) in [5.41, 5.74) is 0.842. The minimum atomic E-state index is -3.68. The number of hydrogen-bond donors (Lipinski definition) is 1. The Labute approximate surface area is 153 Å². The lowest BCUT2D eigenvalue weighted by Gasteiger charge is -2.20. The van der Waals surface area contributed by atoms with E-state index in [0.29, 0.717) is 17.8 Å². The Morgan fingerprint density at radius 1 is 1.19 bits per heavy atom. The number of nitrogens with zero attached hydrogens (tertiary/aromatic N) is 1. The number of amides is 1. The number of hydrogen-bond acceptors (Lipinski definition) is 4. The first-order valence-corrected chi connectivity index (χ1v) is 9.96. The van der Waals surface area contributed by atoms with E-state index in [1.807, 2.05) is 0 Å². The summed E-state index contributed by atoms with van der Waals surface area (Å²) in [6, 6.07) is 14.8. The van der Waals surface area contributed by atoms with Crippen molar-refractivity contribution in [2.75, 3.05) is 24.5 Å². The van der Waals surface area contributed by atoms with Gasteiger partial charge in [0.05, 0.1) is 16.7 Å². The van der Waals surface area contributed by atoms with Crippen molar-refractivity contribution in [2.45, 2.75) is 23.8 Å². The van der Waals surface area contributed by atoms with Crippen LogP contribution in [-0.2, 0) is 14.8 Å². The van der Waals surface area contributed by atoms with Gasteiger partial charge < -0.3 is 10.1 Å². The Morgan fingerprint density at radius 3 is 2.65 bits per heavy atom. The second-order valence-electron chi connectivity index (χ2n) is 6.18. The van der Waals surface area contributed by atoms with Crippen LogP contribution in [0, 0.1) is 0 Å². The smallest absolute Gasteiger partial charge is 0.264 e. The Hall–Kier alpha value is -2.38. The number of rotatable bonds is 6. The van der Waals surface area contributed by atoms with E-state index in [9.17, 15) is 13.2 Å². The van der Waals surface area contributed by atoms with Crippen molar-refractivity contribution < 1.29 is 17.9 Å². The number of nitrogens with one attached hydrogen (secondary N) is 1. The number of anilines is 1. The number of benzene rings is 2. The van der Waals surface area contributed by atoms with Gasteiger partial charge in [0, 0.05) is 25.8 Å². The number of carbonyl (C=O) groups excluding carboxylic acids is 1. The van der Waals surface area contributed by atoms with Gasteiger partial charge in [-0.25, -0.2) is 8.42 Å². The monoisotopic (exact) mass is 374 g/mol. The predicted molar refractivity (Wildman–Crippen MR) is 99.8 cm³/mol. The van der Waals surface area contributed by atoms with Gasteiger partial charge in [-0.1, -0.05) is 24.3 Å². The van der Waals surface area contributed by atoms with Gasteiger partial charge in [0.25, 0.3) is 15.9 Å². The molecule has 1 N–H and O–H groups in total. The molecule has 1 aliphatic rings. The molecule has 1 fully saturated rings. The SMILES string of the molecule is CN(c1cccc(C(=O)NCC2CCCO2)c1)S(=O)(=O)c1ccccc1. The lowest BCUT2D eigenvalue weighted by molar-refractivity contribution is 0.0858. The molecule has 138 valence electrons. The van der Waals surface area contributed by atoms with Gasteiger partial charge in [-0.05, 0) is 43.2 Å². The van der Waals surface area contributed by atoms with Crippen LogP contribution in [0.2, 0.25) is 0 Å². The topological polar surface area (TPSA) is 75.7 Å². The molecular weight excluding hydrogens is 352 g/mol. The molecule has 2 aromatic rings. The van der Waals surface area contributed by atoms with Gasteiger partial charge in [-0.2, -0.15) is 0 Å². The van der Waals surface area contributed by atoms with E-state index in [1.165, 1.54) is 11.4 Å². The van der Waals surface area contributed by atoms with Gasteiger partial charge in [-0.3, -0.25) is 9.10 Å². The van der Waals surface area contributed by atoms with Gasteiger partial charge >= 0.3 is 0 Å². The molecule has 1 amide bonds. The molecule has 1 heterocycles. The number of ether oxygens (including phenoxy) is 1. The molecule has 26 heavy (non-hydrogen) atoms. The van der Waals surface area contributed by atoms with Crippen LogP contribution >= 0.6 is 0 Å². The average molecular weight is 374 g/mol. The highest BCUT2D eigenvalue weighted by Gasteiger charge is 2.22. The predicted octanol–water partition coefficient (Wildman–Crippen LogP) is 2.42. The summed E-state index contributed by atoms with van der Waals surface area (Å²) in [5, 5.41) is 2.85. The summed E-state index contributed by atoms with van der Waals surface area (Å²) in [6.07, 6.45) is 2.01. The van der Waals surface area contributed by atoms with Gasteiger partial charge in [0.15, 0.2) is 0 Å². The van der Waals surface area contributed by atoms with E-state index in [2.05, 4.69) is 5.32 Å². The van der Waals surface area contributed by atoms with Crippen molar-refractivity contribution in [1.82, 2.24) is 5.32 Å². The highest BCUT2D eigenvalue weighted by atomic mass is 32.2. The van der Waals surface area contributed by atoms with Crippen molar-refractivity contribution in [3.05, 3.63) is 60.2 Å². The Morgan fingerprint density at radius 2 is 1.96 bits per heavy atom. The van der Waals surface area contributed by atoms with Crippen LogP contribution < -0.4 is 9.62 Å². The van der Waals surface area contributed by atoms with Crippen LogP contribution in [0.4, 0.5) is 5.69 Å². The van der Waals surface area contributed by atoms with E-state index < -0.39 is 10.0 Å². The van der Waals surface area contributed by atoms with Gasteiger partial charge in [0.1, 0.15) is 0 Å². The minimum absolute atomic E-state index is 0.0586. The van der Waals surface area contributed by atoms with Crippen molar-refractivity contribution in [3.8, 4) is 0 Å². The summed E-state index contributed by atoms with van der Waals surface area (Å²) in [6.45, 7) is 1.19. The van der Waals surface area contributed by atoms with Crippen molar-refractivity contribution in [3.63, 3.8) is 0 Å². The first-order chi connectivity index (χ1) is 12.5. The van der Waals surface area contributed by atoms with E-state index in [-0.39, 0.29) is 16.9 Å². The third-order valence-electron chi connectivity index (χ3n) is 4.39. The maximum Gasteiger partial charge on any atom is 0.264 e. The van der Waals surface area contributed by atoms with Crippen molar-refractivity contribution in [2.24, 2.45) is 0 Å². The molecule has 1 aliphatic heterocycles. The normalized spacial score (nSPS) is 17.0. The molecule has 3 rings (SSSR count). The van der Waals surface area contributed by atoms with E-state index in [1.54, 1.807) is 54.6 Å². The van der Waals surface area contributed by atoms with E-state index >= 15 is 0 Å². The average Bonchev–Trinajstić information content (AvgIpc) is 3.20. The fourth-order valence-corrected chi connectivity index (χ4v) is 4.05. The first-order valence-electron chi connectivity index (χ1n) is 8.52. The van der Waals surface area contributed by atoms with Gasteiger partial charge in [-0.15, -0.1) is 0 Å². The molecular formula is C19H22N2O4S. The standard InChI is InChI=1S/C19H22N2O4S/c1-21(26(23,24)18-10-3-2-4-11-18)16-8-5-7-15(13-16)19(22)20-14-17-9-6-12-25-17/h2-5,7-8,10-11,13,17H,6,9,12,14H2,1H3,(H,20,22). The zero-order chi connectivity index (χ0) is 18.6. The Kier molecular flexibility index (Phi) is 5.58. The summed E-state index contributed by atoms with van der Waals surface area (Å²) < 4.78 is 32.1. The quantitative estimate of drug-likeness (QED) is 0.843. The van der Waals surface area contributed by atoms with Crippen LogP contribution in [0.5, 0.6) is 0 Å². The molecule has 2 aromatic carbocycles. The highest BCUT2D eigenvalue weighted by Crippen LogP contribution is 2.23. The molecule has 0 saturated carbocycles. The van der Waals surface area contributed by atoms with Gasteiger partial charge in [0.2, 0.25) is 0 Å². The van der Waals surface area contributed by atoms with Crippen molar-refractivity contribution in [1.29, 1.82) is 0 Å². The Balaban J connectivity index is 1.74. The summed E-state index contributed by atoms with van der Waals surface area (Å²) in [5.74, 6) is -0.243. The van der Waals surface area contributed by atoms with E-state index in [4.69, 9.17) is 4.74 Å². The molecule has 7 heteroatoms. The number of carbonyl (C=O) groups is 1. The lowest BCUT2D eigenvalue weighted by atomic mass is 10.2. The third-order valence-corrected chi connectivity index (χ3v) is 6.19. The van der Waals surface area contributed by atoms with Crippen LogP contribution in [0.25, 0.3) is 0 Å². The third kappa shape index (κ3) is 4.05. The molecule has 1 saturated heterocycles. The summed E-state index contributed by atoms with van der Waals surface area (Å²) in [7, 11) is -2.20. The first kappa shape index (κ1) is 18.4. The second kappa shape index (κ2) is 7.88. The zero-order valence-electron chi connectivity index (χ0n) is 14.6. The molecule has 0 aromatic heterocycles. The van der Waals surface area contributed by atoms with Crippen LogP contribution in [0.3, 0.4) is 0 Å². The molecule has 0 radical (unpaired) electrons. The second-order valence-corrected chi connectivity index (χ2v) is 8.15. The zero-order valence-corrected chi connectivity index (χ0v) is 15.4. The summed E-state index contributed by atoms with van der Waals surface area (Å²) >= 11 is 0. The van der Waals surface area contributed by atoms with Crippen LogP contribution in [0.15, 0.2) is 59.5 Å². The largest absolute Gasteiger partial charge is 0.376 e. The molecule has 1 atom stereocenters. The fourth-order valence-electron chi connectivity index (χ4n) is 2.85. The van der Waals surface area contributed by atoms with Crippen LogP contribution in [0.1, 0.15) is 23.2 Å². The van der Waals surface area contributed by atoms with Crippen LogP contribution in [-0.4, -0.2) is 40.6 Å². The van der Waals surface area contributed by atoms with Crippen molar-refractivity contribution >= 4 is 21.6 Å². The molecule has 0 bridgehead atoms. The molecule has 0 spiro atoms. The van der Waals surface area contributed by atoms with E-state index in [0.717, 1.165) is 19.4 Å². The molecule has 0 aliphatic carbocycles. The Bertz CT molecular complexity index is 862. The fraction of sp³-hybridized carbons (Fsp3) is 0.316. The molecule has 6 nitrogen and oxygen atoms in total. The lowest BCUT2D eigenvalue weighted by Crippen LogP contribution is -2.32. The maximum absolute atomic E-state index is 12.7. The minimum Gasteiger partial charge on any atom is -0.376 e. The maximum atomic E-state index is 12.7. The number of sulfonamides is 1. The highest BCUT2D eigenvalue weighted by molar-refractivity contribution is 7.92. The molecule has 1 unspecified atom stereocenters. The summed E-state index contributed by atoms with van der Waals surface area (Å²) in [4.78, 5) is 12.6.